The van der Waals surface area contributed by atoms with E-state index in [-0.39, 0.29) is 5.41 Å². The Balaban J connectivity index is 2.40. The molecule has 0 nitrogen and oxygen atoms in total. The summed E-state index contributed by atoms with van der Waals surface area (Å²) in [5.74, 6) is 0. The van der Waals surface area contributed by atoms with Gasteiger partial charge < -0.3 is 0 Å². The molecule has 102 valence electrons. The summed E-state index contributed by atoms with van der Waals surface area (Å²) in [6, 6.07) is 12.5. The quantitative estimate of drug-likeness (QED) is 0.426. The van der Waals surface area contributed by atoms with Gasteiger partial charge in [0.25, 0.3) is 0 Å². The molecule has 0 aliphatic carbocycles. The van der Waals surface area contributed by atoms with Crippen LogP contribution in [-0.2, 0) is 11.8 Å². The molecule has 2 aromatic rings. The molecule has 1 aromatic carbocycles. The molecule has 0 amide bonds. The van der Waals surface area contributed by atoms with Crippen molar-refractivity contribution in [3.05, 3.63) is 55.6 Å². The van der Waals surface area contributed by atoms with Crippen molar-refractivity contribution in [1.29, 1.82) is 0 Å². The van der Waals surface area contributed by atoms with Crippen molar-refractivity contribution in [3.63, 3.8) is 0 Å². The fraction of sp³-hybridized carbons (Fsp3) is 0.286. The molecule has 0 atom stereocenters. The van der Waals surface area contributed by atoms with Crippen LogP contribution < -0.4 is 0 Å². The molecule has 1 heterocycles. The van der Waals surface area contributed by atoms with Crippen LogP contribution in [0.1, 0.15) is 10.4 Å². The first-order valence-electron chi connectivity index (χ1n) is 5.72. The van der Waals surface area contributed by atoms with Gasteiger partial charge in [0.05, 0.1) is 4.34 Å². The Labute approximate surface area is 147 Å². The molecular formula is C14H12Br3ClS. The monoisotopic (exact) mass is 484 g/mol. The van der Waals surface area contributed by atoms with E-state index in [1.54, 1.807) is 11.3 Å². The lowest BCUT2D eigenvalue weighted by Crippen LogP contribution is -2.33. The van der Waals surface area contributed by atoms with Crippen molar-refractivity contribution >= 4 is 70.7 Å². The largest absolute Gasteiger partial charge is 0.128 e. The minimum Gasteiger partial charge on any atom is -0.128 e. The fourth-order valence-electron chi connectivity index (χ4n) is 2.04. The molecule has 0 bridgehead atoms. The normalized spacial score (nSPS) is 11.8. The summed E-state index contributed by atoms with van der Waals surface area (Å²) >= 11 is 18.7. The minimum absolute atomic E-state index is 0.0221. The highest BCUT2D eigenvalue weighted by Crippen LogP contribution is 2.38. The highest BCUT2D eigenvalue weighted by molar-refractivity contribution is 9.10. The van der Waals surface area contributed by atoms with Crippen LogP contribution in [0.5, 0.6) is 0 Å². The van der Waals surface area contributed by atoms with Crippen LogP contribution in [0.4, 0.5) is 0 Å². The molecule has 0 fully saturated rings. The van der Waals surface area contributed by atoms with E-state index < -0.39 is 0 Å². The minimum atomic E-state index is 0.0221. The highest BCUT2D eigenvalue weighted by Gasteiger charge is 2.32. The maximum absolute atomic E-state index is 6.04. The second kappa shape index (κ2) is 7.08. The summed E-state index contributed by atoms with van der Waals surface area (Å²) in [6.45, 7) is 0. The highest BCUT2D eigenvalue weighted by atomic mass is 79.9. The Morgan fingerprint density at radius 3 is 2.26 bits per heavy atom. The van der Waals surface area contributed by atoms with Crippen LogP contribution in [0.3, 0.4) is 0 Å². The number of rotatable bonds is 5. The second-order valence-electron chi connectivity index (χ2n) is 4.41. The van der Waals surface area contributed by atoms with Gasteiger partial charge in [-0.25, -0.2) is 0 Å². The molecule has 0 saturated carbocycles. The first-order chi connectivity index (χ1) is 9.11. The van der Waals surface area contributed by atoms with Gasteiger partial charge in [-0.2, -0.15) is 0 Å². The number of hydrogen-bond donors (Lipinski definition) is 0. The van der Waals surface area contributed by atoms with Gasteiger partial charge in [-0.1, -0.05) is 77.6 Å². The van der Waals surface area contributed by atoms with E-state index >= 15 is 0 Å². The van der Waals surface area contributed by atoms with Crippen LogP contribution in [-0.4, -0.2) is 10.7 Å². The van der Waals surface area contributed by atoms with Crippen molar-refractivity contribution in [2.24, 2.45) is 0 Å². The van der Waals surface area contributed by atoms with Gasteiger partial charge in [-0.3, -0.25) is 0 Å². The van der Waals surface area contributed by atoms with Gasteiger partial charge >= 0.3 is 0 Å². The number of halogens is 4. The Kier molecular flexibility index (Phi) is 5.97. The summed E-state index contributed by atoms with van der Waals surface area (Å²) in [7, 11) is 0. The fourth-order valence-corrected chi connectivity index (χ4v) is 5.91. The van der Waals surface area contributed by atoms with Gasteiger partial charge in [0.15, 0.2) is 0 Å². The van der Waals surface area contributed by atoms with Gasteiger partial charge in [0.2, 0.25) is 0 Å². The van der Waals surface area contributed by atoms with Crippen LogP contribution in [0, 0.1) is 0 Å². The van der Waals surface area contributed by atoms with E-state index in [1.165, 1.54) is 10.4 Å². The van der Waals surface area contributed by atoms with E-state index in [1.807, 2.05) is 12.1 Å². The molecule has 0 aliphatic heterocycles. The maximum atomic E-state index is 6.04. The average Bonchev–Trinajstić information content (AvgIpc) is 2.82. The summed E-state index contributed by atoms with van der Waals surface area (Å²) in [5.41, 5.74) is 1.34. The average molecular weight is 487 g/mol. The van der Waals surface area contributed by atoms with Crippen molar-refractivity contribution in [3.8, 4) is 0 Å². The molecule has 0 radical (unpaired) electrons. The molecule has 2 rings (SSSR count). The van der Waals surface area contributed by atoms with Crippen molar-refractivity contribution in [2.75, 3.05) is 10.7 Å². The zero-order valence-corrected chi connectivity index (χ0v) is 16.3. The molecule has 19 heavy (non-hydrogen) atoms. The smallest absolute Gasteiger partial charge is 0.0931 e. The Hall–Kier alpha value is 0.650. The lowest BCUT2D eigenvalue weighted by Gasteiger charge is -2.31. The number of benzene rings is 1. The molecule has 0 N–H and O–H groups in total. The SMILES string of the molecule is Clc1ccc(CC(CBr)(CBr)c2ccccc2Br)s1. The second-order valence-corrected chi connectivity index (χ2v) is 8.19. The van der Waals surface area contributed by atoms with Gasteiger partial charge in [0.1, 0.15) is 0 Å². The first kappa shape index (κ1) is 16.0. The standard InChI is InChI=1S/C14H12Br3ClS/c15-8-14(9-16,7-10-5-6-13(18)19-10)11-3-1-2-4-12(11)17/h1-6H,7-9H2. The third-order valence-corrected chi connectivity index (χ3v) is 7.17. The summed E-state index contributed by atoms with van der Waals surface area (Å²) < 4.78 is 2.00. The number of alkyl halides is 2. The Morgan fingerprint density at radius 2 is 1.74 bits per heavy atom. The molecule has 0 aliphatic rings. The van der Waals surface area contributed by atoms with E-state index in [0.29, 0.717) is 0 Å². The molecule has 5 heteroatoms. The zero-order chi connectivity index (χ0) is 13.9. The van der Waals surface area contributed by atoms with Crippen molar-refractivity contribution < 1.29 is 0 Å². The zero-order valence-electron chi connectivity index (χ0n) is 10.0. The van der Waals surface area contributed by atoms with Gasteiger partial charge in [0, 0.05) is 25.4 Å². The van der Waals surface area contributed by atoms with Gasteiger partial charge in [-0.15, -0.1) is 11.3 Å². The van der Waals surface area contributed by atoms with Gasteiger partial charge in [-0.05, 0) is 30.2 Å². The summed E-state index contributed by atoms with van der Waals surface area (Å²) in [6.07, 6.45) is 0.962. The predicted molar refractivity (Wildman–Crippen MR) is 96.4 cm³/mol. The topological polar surface area (TPSA) is 0 Å². The Morgan fingerprint density at radius 1 is 1.05 bits per heavy atom. The van der Waals surface area contributed by atoms with Crippen molar-refractivity contribution in [1.82, 2.24) is 0 Å². The molecule has 0 spiro atoms. The third-order valence-electron chi connectivity index (χ3n) is 3.10. The first-order valence-corrected chi connectivity index (χ1v) is 9.95. The predicted octanol–water partition coefficient (Wildman–Crippen LogP) is 6.43. The number of thiophene rings is 1. The summed E-state index contributed by atoms with van der Waals surface area (Å²) in [4.78, 5) is 1.31. The molecule has 0 saturated heterocycles. The molecular weight excluding hydrogens is 475 g/mol. The lowest BCUT2D eigenvalue weighted by atomic mass is 9.81. The van der Waals surface area contributed by atoms with E-state index in [4.69, 9.17) is 11.6 Å². The molecule has 1 aromatic heterocycles. The maximum Gasteiger partial charge on any atom is 0.0931 e. The van der Waals surface area contributed by atoms with Crippen LogP contribution in [0.2, 0.25) is 4.34 Å². The summed E-state index contributed by atoms with van der Waals surface area (Å²) in [5, 5.41) is 1.78. The van der Waals surface area contributed by atoms with Crippen LogP contribution in [0.15, 0.2) is 40.9 Å². The van der Waals surface area contributed by atoms with E-state index in [2.05, 4.69) is 72.1 Å². The van der Waals surface area contributed by atoms with E-state index in [0.717, 1.165) is 25.9 Å². The number of hydrogen-bond acceptors (Lipinski definition) is 1. The van der Waals surface area contributed by atoms with E-state index in [9.17, 15) is 0 Å². The van der Waals surface area contributed by atoms with Crippen LogP contribution >= 0.6 is 70.7 Å². The van der Waals surface area contributed by atoms with Crippen LogP contribution in [0.25, 0.3) is 0 Å². The Bertz CT molecular complexity index is 549. The lowest BCUT2D eigenvalue weighted by molar-refractivity contribution is 0.553. The molecule has 0 unspecified atom stereocenters. The third kappa shape index (κ3) is 3.65. The van der Waals surface area contributed by atoms with Crippen molar-refractivity contribution in [2.45, 2.75) is 11.8 Å².